The van der Waals surface area contributed by atoms with Gasteiger partial charge in [-0.15, -0.1) is 0 Å². The molecule has 2 aliphatic rings. The molecule has 45 heavy (non-hydrogen) atoms. The van der Waals surface area contributed by atoms with Crippen LogP contribution < -0.4 is 4.74 Å². The van der Waals surface area contributed by atoms with E-state index in [0.29, 0.717) is 64.5 Å². The van der Waals surface area contributed by atoms with Crippen molar-refractivity contribution in [1.29, 1.82) is 0 Å². The van der Waals surface area contributed by atoms with E-state index in [4.69, 9.17) is 24.1 Å². The van der Waals surface area contributed by atoms with E-state index in [1.807, 2.05) is 47.2 Å². The third-order valence-corrected chi connectivity index (χ3v) is 7.76. The van der Waals surface area contributed by atoms with Gasteiger partial charge in [0, 0.05) is 70.0 Å². The molecule has 2 bridgehead atoms. The lowest BCUT2D eigenvalue weighted by Crippen LogP contribution is -2.38. The molecular formula is C32H44N6O7. The normalized spacial score (nSPS) is 17.8. The van der Waals surface area contributed by atoms with Gasteiger partial charge in [-0.2, -0.15) is 5.10 Å². The summed E-state index contributed by atoms with van der Waals surface area (Å²) in [7, 11) is 0. The number of nitrogens with zero attached hydrogens (tertiary/aromatic N) is 6. The van der Waals surface area contributed by atoms with Gasteiger partial charge in [-0.3, -0.25) is 19.1 Å². The molecule has 0 radical (unpaired) electrons. The molecule has 0 aliphatic carbocycles. The summed E-state index contributed by atoms with van der Waals surface area (Å²) in [6.45, 7) is 7.05. The number of benzene rings is 1. The molecule has 4 heterocycles. The Morgan fingerprint density at radius 1 is 1.07 bits per heavy atom. The topological polar surface area (TPSA) is 141 Å². The molecule has 2 amide bonds. The van der Waals surface area contributed by atoms with Gasteiger partial charge < -0.3 is 33.7 Å². The second-order valence-electron chi connectivity index (χ2n) is 10.9. The van der Waals surface area contributed by atoms with Gasteiger partial charge in [-0.1, -0.05) is 12.1 Å². The number of hydrogen-bond acceptors (Lipinski definition) is 8. The van der Waals surface area contributed by atoms with Crippen LogP contribution in [0.15, 0.2) is 49.1 Å². The number of fused-ring (bicyclic) bond motifs is 4. The Morgan fingerprint density at radius 2 is 1.87 bits per heavy atom. The van der Waals surface area contributed by atoms with Gasteiger partial charge >= 0.3 is 0 Å². The Balaban J connectivity index is 0.00000148. The Morgan fingerprint density at radius 3 is 2.62 bits per heavy atom. The number of amides is 2. The number of carbonyl (C=O) groups is 3. The van der Waals surface area contributed by atoms with E-state index in [9.17, 15) is 9.59 Å². The van der Waals surface area contributed by atoms with Gasteiger partial charge in [0.2, 0.25) is 5.91 Å². The van der Waals surface area contributed by atoms with Gasteiger partial charge in [-0.25, -0.2) is 4.98 Å². The monoisotopic (exact) mass is 624 g/mol. The average molecular weight is 625 g/mol. The molecule has 1 saturated heterocycles. The maximum Gasteiger partial charge on any atom is 0.290 e. The summed E-state index contributed by atoms with van der Waals surface area (Å²) < 4.78 is 21.3. The number of carboxylic acid groups (broad SMARTS) is 1. The molecule has 2 aromatic heterocycles. The molecule has 244 valence electrons. The highest BCUT2D eigenvalue weighted by Crippen LogP contribution is 2.23. The molecule has 0 saturated carbocycles. The van der Waals surface area contributed by atoms with Gasteiger partial charge in [-0.05, 0) is 51.2 Å². The van der Waals surface area contributed by atoms with E-state index in [1.165, 1.54) is 0 Å². The lowest BCUT2D eigenvalue weighted by Gasteiger charge is -2.25. The van der Waals surface area contributed by atoms with Gasteiger partial charge in [0.05, 0.1) is 31.1 Å². The second-order valence-corrected chi connectivity index (χ2v) is 10.9. The average Bonchev–Trinajstić information content (AvgIpc) is 3.84. The highest BCUT2D eigenvalue weighted by Gasteiger charge is 2.21. The summed E-state index contributed by atoms with van der Waals surface area (Å²) >= 11 is 0. The Kier molecular flexibility index (Phi) is 13.4. The first-order valence-corrected chi connectivity index (χ1v) is 15.6. The molecule has 1 fully saturated rings. The van der Waals surface area contributed by atoms with Crippen LogP contribution in [0.4, 0.5) is 0 Å². The lowest BCUT2D eigenvalue weighted by atomic mass is 10.2. The predicted octanol–water partition coefficient (Wildman–Crippen LogP) is 3.20. The minimum Gasteiger partial charge on any atom is -0.494 e. The van der Waals surface area contributed by atoms with Crippen molar-refractivity contribution in [2.24, 2.45) is 0 Å². The molecule has 1 N–H and O–H groups in total. The lowest BCUT2D eigenvalue weighted by molar-refractivity contribution is -0.137. The Labute approximate surface area is 263 Å². The summed E-state index contributed by atoms with van der Waals surface area (Å²) in [6.07, 6.45) is 11.5. The zero-order valence-electron chi connectivity index (χ0n) is 26.0. The molecule has 13 nitrogen and oxygen atoms in total. The summed E-state index contributed by atoms with van der Waals surface area (Å²) in [5, 5.41) is 11.2. The molecule has 2 aliphatic heterocycles. The molecule has 13 heteroatoms. The first-order chi connectivity index (χ1) is 22.0. The van der Waals surface area contributed by atoms with E-state index < -0.39 is 0 Å². The molecule has 0 spiro atoms. The van der Waals surface area contributed by atoms with Crippen molar-refractivity contribution in [1.82, 2.24) is 29.1 Å². The number of aromatic nitrogens is 4. The molecule has 1 unspecified atom stereocenters. The van der Waals surface area contributed by atoms with E-state index in [-0.39, 0.29) is 31.0 Å². The zero-order chi connectivity index (χ0) is 31.9. The van der Waals surface area contributed by atoms with E-state index in [2.05, 4.69) is 14.6 Å². The highest BCUT2D eigenvalue weighted by atomic mass is 16.5. The van der Waals surface area contributed by atoms with Crippen molar-refractivity contribution in [2.75, 3.05) is 52.6 Å². The third kappa shape index (κ3) is 10.1. The van der Waals surface area contributed by atoms with Crippen LogP contribution in [0.25, 0.3) is 11.4 Å². The zero-order valence-corrected chi connectivity index (χ0v) is 26.0. The van der Waals surface area contributed by atoms with Crippen molar-refractivity contribution in [3.05, 3.63) is 54.6 Å². The van der Waals surface area contributed by atoms with Gasteiger partial charge in [0.1, 0.15) is 18.2 Å². The van der Waals surface area contributed by atoms with Crippen molar-refractivity contribution < 1.29 is 33.7 Å². The van der Waals surface area contributed by atoms with Crippen molar-refractivity contribution in [3.8, 4) is 17.1 Å². The number of imidazole rings is 1. The van der Waals surface area contributed by atoms with E-state index in [0.717, 1.165) is 49.4 Å². The molecule has 3 aromatic rings. The third-order valence-electron chi connectivity index (χ3n) is 7.76. The maximum atomic E-state index is 13.4. The molecule has 1 aromatic carbocycles. The fourth-order valence-corrected chi connectivity index (χ4v) is 5.40. The number of aryl methyl sites for hydroxylation is 1. The largest absolute Gasteiger partial charge is 0.494 e. The van der Waals surface area contributed by atoms with Crippen LogP contribution >= 0.6 is 0 Å². The summed E-state index contributed by atoms with van der Waals surface area (Å²) in [4.78, 5) is 43.4. The standard InChI is InChI=1S/C31H42N6O5.CH2O2/c1-2-37-22-26(21-33-37)31(39)36-13-4-3-12-34(29(38)24-40-23-28-10-6-18-42-28)16-17-35-15-11-32-30(35)25-8-5-9-27(20-25)41-19-7-14-36;2-1-3/h5,8-9,11,15,20-22,28H,2-4,6-7,10,12-14,16-19,23-24H2,1H3;1H,(H,2,3). The summed E-state index contributed by atoms with van der Waals surface area (Å²) in [5.41, 5.74) is 1.54. The van der Waals surface area contributed by atoms with Crippen LogP contribution in [-0.2, 0) is 32.2 Å². The van der Waals surface area contributed by atoms with Gasteiger partial charge in [0.25, 0.3) is 12.4 Å². The SMILES string of the molecule is CCn1cc(C(=O)N2CCCCN(C(=O)COCC3CCCO3)CCn3ccnc3-c3cccc(c3)OCCC2)cn1.O=CO. The van der Waals surface area contributed by atoms with E-state index in [1.54, 1.807) is 23.3 Å². The van der Waals surface area contributed by atoms with Crippen LogP contribution in [0.3, 0.4) is 0 Å². The first kappa shape index (κ1) is 33.7. The van der Waals surface area contributed by atoms with Crippen LogP contribution in [0.2, 0.25) is 0 Å². The fraction of sp³-hybridized carbons (Fsp3) is 0.531. The first-order valence-electron chi connectivity index (χ1n) is 15.6. The number of carbonyl (C=O) groups excluding carboxylic acids is 2. The quantitative estimate of drug-likeness (QED) is 0.409. The van der Waals surface area contributed by atoms with Crippen LogP contribution in [-0.4, -0.2) is 111 Å². The smallest absolute Gasteiger partial charge is 0.290 e. The number of hydrogen-bond donors (Lipinski definition) is 1. The molecular weight excluding hydrogens is 580 g/mol. The van der Waals surface area contributed by atoms with Crippen LogP contribution in [0, 0.1) is 0 Å². The second kappa shape index (κ2) is 17.9. The molecule has 5 rings (SSSR count). The minimum absolute atomic E-state index is 0.0298. The fourth-order valence-electron chi connectivity index (χ4n) is 5.40. The molecule has 1 atom stereocenters. The maximum absolute atomic E-state index is 13.4. The summed E-state index contributed by atoms with van der Waals surface area (Å²) in [6, 6.07) is 7.89. The Hall–Kier alpha value is -4.23. The minimum atomic E-state index is -0.250. The summed E-state index contributed by atoms with van der Waals surface area (Å²) in [5.74, 6) is 1.52. The Bertz CT molecular complexity index is 1350. The van der Waals surface area contributed by atoms with Crippen molar-refractivity contribution >= 4 is 18.3 Å². The van der Waals surface area contributed by atoms with Crippen molar-refractivity contribution in [3.63, 3.8) is 0 Å². The highest BCUT2D eigenvalue weighted by molar-refractivity contribution is 5.93. The predicted molar refractivity (Wildman–Crippen MR) is 166 cm³/mol. The van der Waals surface area contributed by atoms with Gasteiger partial charge in [0.15, 0.2) is 0 Å². The number of ether oxygens (including phenoxy) is 3. The van der Waals surface area contributed by atoms with Crippen molar-refractivity contribution in [2.45, 2.75) is 58.2 Å². The number of rotatable bonds is 6. The van der Waals surface area contributed by atoms with Crippen LogP contribution in [0.1, 0.15) is 49.4 Å². The van der Waals surface area contributed by atoms with Crippen LogP contribution in [0.5, 0.6) is 5.75 Å². The van der Waals surface area contributed by atoms with E-state index >= 15 is 0 Å².